The smallest absolute Gasteiger partial charge is 0.259 e. The van der Waals surface area contributed by atoms with E-state index in [2.05, 4.69) is 15.0 Å². The number of carbonyl (C=O) groups is 1. The minimum absolute atomic E-state index is 0.193. The third-order valence-electron chi connectivity index (χ3n) is 5.02. The number of aryl methyl sites for hydroxylation is 1. The summed E-state index contributed by atoms with van der Waals surface area (Å²) in [7, 11) is 1.76. The first-order chi connectivity index (χ1) is 11.6. The van der Waals surface area contributed by atoms with E-state index in [0.29, 0.717) is 30.2 Å². The molecule has 1 atom stereocenters. The number of pyridine rings is 1. The van der Waals surface area contributed by atoms with Crippen molar-refractivity contribution in [1.29, 1.82) is 0 Å². The van der Waals surface area contributed by atoms with Gasteiger partial charge in [0.2, 0.25) is 5.43 Å². The number of likely N-dealkylation sites (tertiary alicyclic amines) is 1. The molecule has 1 unspecified atom stereocenters. The van der Waals surface area contributed by atoms with Crippen LogP contribution >= 0.6 is 0 Å². The van der Waals surface area contributed by atoms with Gasteiger partial charge in [-0.2, -0.15) is 5.10 Å². The molecule has 2 aliphatic heterocycles. The molecule has 2 aliphatic rings. The maximum absolute atomic E-state index is 12.8. The molecule has 0 bridgehead atoms. The Balaban J connectivity index is 1.54. The highest BCUT2D eigenvalue weighted by Crippen LogP contribution is 2.19. The molecule has 1 amide bonds. The van der Waals surface area contributed by atoms with Crippen molar-refractivity contribution in [2.75, 3.05) is 39.4 Å². The highest BCUT2D eigenvalue weighted by atomic mass is 16.5. The Morgan fingerprint density at radius 3 is 2.92 bits per heavy atom. The molecule has 128 valence electrons. The van der Waals surface area contributed by atoms with Gasteiger partial charge >= 0.3 is 0 Å². The highest BCUT2D eigenvalue weighted by molar-refractivity contribution is 5.96. The molecule has 2 saturated heterocycles. The number of nitrogens with zero attached hydrogens (tertiary/aromatic N) is 4. The molecule has 0 spiro atoms. The van der Waals surface area contributed by atoms with Gasteiger partial charge < -0.3 is 14.6 Å². The predicted molar refractivity (Wildman–Crippen MR) is 88.0 cm³/mol. The van der Waals surface area contributed by atoms with Crippen molar-refractivity contribution >= 4 is 16.9 Å². The SMILES string of the molecule is Cn1ncc2c(=O)c(C(=O)N3CCC(N4CCOCC4)C3)c[nH]c21. The van der Waals surface area contributed by atoms with Crippen molar-refractivity contribution in [1.82, 2.24) is 24.6 Å². The lowest BCUT2D eigenvalue weighted by Gasteiger charge is -2.32. The first-order valence-electron chi connectivity index (χ1n) is 8.29. The lowest BCUT2D eigenvalue weighted by molar-refractivity contribution is 0.0185. The second kappa shape index (κ2) is 6.03. The number of nitrogens with one attached hydrogen (secondary N) is 1. The number of carbonyl (C=O) groups excluding carboxylic acids is 1. The van der Waals surface area contributed by atoms with Crippen LogP contribution in [0.2, 0.25) is 0 Å². The van der Waals surface area contributed by atoms with Gasteiger partial charge in [-0.05, 0) is 6.42 Å². The fourth-order valence-electron chi connectivity index (χ4n) is 3.62. The predicted octanol–water partition coefficient (Wildman–Crippen LogP) is -0.192. The molecule has 4 heterocycles. The molecule has 0 radical (unpaired) electrons. The Bertz CT molecular complexity index is 821. The van der Waals surface area contributed by atoms with Crippen molar-refractivity contribution in [3.63, 3.8) is 0 Å². The van der Waals surface area contributed by atoms with Crippen LogP contribution in [0.4, 0.5) is 0 Å². The van der Waals surface area contributed by atoms with Crippen molar-refractivity contribution in [2.45, 2.75) is 12.5 Å². The van der Waals surface area contributed by atoms with Gasteiger partial charge in [0.15, 0.2) is 0 Å². The van der Waals surface area contributed by atoms with Crippen LogP contribution in [0.25, 0.3) is 11.0 Å². The summed E-state index contributed by atoms with van der Waals surface area (Å²) in [4.78, 5) is 32.5. The van der Waals surface area contributed by atoms with E-state index < -0.39 is 0 Å². The van der Waals surface area contributed by atoms with E-state index in [1.54, 1.807) is 16.6 Å². The molecule has 1 N–H and O–H groups in total. The number of ether oxygens (including phenoxy) is 1. The van der Waals surface area contributed by atoms with Gasteiger partial charge in [-0.25, -0.2) is 0 Å². The maximum atomic E-state index is 12.8. The Morgan fingerprint density at radius 1 is 1.33 bits per heavy atom. The topological polar surface area (TPSA) is 83.5 Å². The van der Waals surface area contributed by atoms with Crippen molar-refractivity contribution in [3.8, 4) is 0 Å². The molecular weight excluding hydrogens is 310 g/mol. The van der Waals surface area contributed by atoms with Crippen LogP contribution in [-0.2, 0) is 11.8 Å². The molecular formula is C16H21N5O3. The standard InChI is InChI=1S/C16H21N5O3/c1-19-15-12(9-18-19)14(22)13(8-17-15)16(23)21-3-2-11(10-21)20-4-6-24-7-5-20/h8-9,11H,2-7,10H2,1H3,(H,17,22). The monoisotopic (exact) mass is 331 g/mol. The van der Waals surface area contributed by atoms with E-state index in [1.807, 2.05) is 0 Å². The number of hydrogen-bond acceptors (Lipinski definition) is 5. The lowest BCUT2D eigenvalue weighted by atomic mass is 10.2. The number of fused-ring (bicyclic) bond motifs is 1. The van der Waals surface area contributed by atoms with Crippen molar-refractivity contribution < 1.29 is 9.53 Å². The number of morpholine rings is 1. The number of aromatic amines is 1. The lowest BCUT2D eigenvalue weighted by Crippen LogP contribution is -2.45. The minimum Gasteiger partial charge on any atom is -0.379 e. The van der Waals surface area contributed by atoms with Crippen LogP contribution in [0.1, 0.15) is 16.8 Å². The summed E-state index contributed by atoms with van der Waals surface area (Å²) in [5.74, 6) is -0.197. The van der Waals surface area contributed by atoms with Crippen LogP contribution in [0.3, 0.4) is 0 Å². The van der Waals surface area contributed by atoms with Gasteiger partial charge in [-0.15, -0.1) is 0 Å². The van der Waals surface area contributed by atoms with Crippen LogP contribution in [0, 0.1) is 0 Å². The molecule has 8 nitrogen and oxygen atoms in total. The molecule has 4 rings (SSSR count). The number of H-pyrrole nitrogens is 1. The van der Waals surface area contributed by atoms with Crippen molar-refractivity contribution in [2.24, 2.45) is 7.05 Å². The van der Waals surface area contributed by atoms with Gasteiger partial charge in [0, 0.05) is 45.5 Å². The van der Waals surface area contributed by atoms with Gasteiger partial charge in [-0.3, -0.25) is 19.2 Å². The second-order valence-corrected chi connectivity index (χ2v) is 6.40. The van der Waals surface area contributed by atoms with Gasteiger partial charge in [-0.1, -0.05) is 0 Å². The number of hydrogen-bond donors (Lipinski definition) is 1. The summed E-state index contributed by atoms with van der Waals surface area (Å²) in [6.45, 7) is 4.68. The average molecular weight is 331 g/mol. The Kier molecular flexibility index (Phi) is 3.85. The number of aromatic nitrogens is 3. The zero-order valence-electron chi connectivity index (χ0n) is 13.7. The van der Waals surface area contributed by atoms with E-state index in [9.17, 15) is 9.59 Å². The summed E-state index contributed by atoms with van der Waals surface area (Å²) in [5, 5.41) is 4.52. The fraction of sp³-hybridized carbons (Fsp3) is 0.562. The van der Waals surface area contributed by atoms with Gasteiger partial charge in [0.1, 0.15) is 11.2 Å². The molecule has 0 aromatic carbocycles. The maximum Gasteiger partial charge on any atom is 0.259 e. The largest absolute Gasteiger partial charge is 0.379 e. The van der Waals surface area contributed by atoms with Crippen LogP contribution in [0.5, 0.6) is 0 Å². The van der Waals surface area contributed by atoms with E-state index in [-0.39, 0.29) is 16.9 Å². The second-order valence-electron chi connectivity index (χ2n) is 6.40. The zero-order valence-corrected chi connectivity index (χ0v) is 13.7. The third-order valence-corrected chi connectivity index (χ3v) is 5.02. The van der Waals surface area contributed by atoms with Crippen LogP contribution < -0.4 is 5.43 Å². The van der Waals surface area contributed by atoms with Gasteiger partial charge in [0.25, 0.3) is 5.91 Å². The Labute approximate surface area is 139 Å². The Morgan fingerprint density at radius 2 is 2.12 bits per heavy atom. The summed E-state index contributed by atoms with van der Waals surface area (Å²) >= 11 is 0. The number of rotatable bonds is 2. The van der Waals surface area contributed by atoms with E-state index in [0.717, 1.165) is 32.7 Å². The van der Waals surface area contributed by atoms with E-state index in [1.165, 1.54) is 12.4 Å². The first kappa shape index (κ1) is 15.3. The molecule has 0 aliphatic carbocycles. The molecule has 24 heavy (non-hydrogen) atoms. The summed E-state index contributed by atoms with van der Waals surface area (Å²) in [5.41, 5.74) is 0.568. The molecule has 0 saturated carbocycles. The van der Waals surface area contributed by atoms with E-state index in [4.69, 9.17) is 4.74 Å². The minimum atomic E-state index is -0.253. The van der Waals surface area contributed by atoms with Crippen molar-refractivity contribution in [3.05, 3.63) is 28.2 Å². The quantitative estimate of drug-likeness (QED) is 0.825. The molecule has 2 fully saturated rings. The summed E-state index contributed by atoms with van der Waals surface area (Å²) in [6, 6.07) is 0.360. The summed E-state index contributed by atoms with van der Waals surface area (Å²) in [6.07, 6.45) is 3.96. The zero-order chi connectivity index (χ0) is 16.7. The molecule has 2 aromatic heterocycles. The number of amides is 1. The van der Waals surface area contributed by atoms with Gasteiger partial charge in [0.05, 0.1) is 24.8 Å². The fourth-order valence-corrected chi connectivity index (χ4v) is 3.62. The molecule has 2 aromatic rings. The van der Waals surface area contributed by atoms with Crippen LogP contribution in [0.15, 0.2) is 17.2 Å². The Hall–Kier alpha value is -2.19. The normalized spacial score (nSPS) is 22.4. The molecule has 8 heteroatoms. The average Bonchev–Trinajstić information content (AvgIpc) is 3.24. The summed E-state index contributed by atoms with van der Waals surface area (Å²) < 4.78 is 6.98. The third kappa shape index (κ3) is 2.51. The highest BCUT2D eigenvalue weighted by Gasteiger charge is 2.32. The van der Waals surface area contributed by atoms with E-state index >= 15 is 0 Å². The van der Waals surface area contributed by atoms with Crippen LogP contribution in [-0.4, -0.2) is 75.9 Å². The first-order valence-corrected chi connectivity index (χ1v) is 8.29.